The van der Waals surface area contributed by atoms with Crippen molar-refractivity contribution in [1.82, 2.24) is 9.88 Å². The summed E-state index contributed by atoms with van der Waals surface area (Å²) in [5.41, 5.74) is 3.92. The number of rotatable bonds is 9. The predicted octanol–water partition coefficient (Wildman–Crippen LogP) is 6.48. The van der Waals surface area contributed by atoms with Crippen LogP contribution in [0.3, 0.4) is 0 Å². The third-order valence-electron chi connectivity index (χ3n) is 7.22. The lowest BCUT2D eigenvalue weighted by molar-refractivity contribution is -0.116. The zero-order valence-electron chi connectivity index (χ0n) is 22.3. The van der Waals surface area contributed by atoms with E-state index in [0.29, 0.717) is 48.6 Å². The van der Waals surface area contributed by atoms with E-state index < -0.39 is 0 Å². The van der Waals surface area contributed by atoms with Gasteiger partial charge in [-0.3, -0.25) is 14.6 Å². The van der Waals surface area contributed by atoms with Crippen molar-refractivity contribution in [3.8, 4) is 22.1 Å². The summed E-state index contributed by atoms with van der Waals surface area (Å²) in [5, 5.41) is 3.93. The van der Waals surface area contributed by atoms with Gasteiger partial charge in [-0.1, -0.05) is 12.1 Å². The monoisotopic (exact) mass is 554 g/mol. The molecule has 0 aliphatic carbocycles. The predicted molar refractivity (Wildman–Crippen MR) is 158 cm³/mol. The van der Waals surface area contributed by atoms with Crippen LogP contribution in [0.5, 0.6) is 11.5 Å². The van der Waals surface area contributed by atoms with E-state index in [0.717, 1.165) is 45.9 Å². The molecule has 8 nitrogen and oxygen atoms in total. The second kappa shape index (κ2) is 11.5. The van der Waals surface area contributed by atoms with Crippen LogP contribution in [0.15, 0.2) is 65.7 Å². The molecule has 2 aliphatic rings. The average Bonchev–Trinajstić information content (AvgIpc) is 3.60. The molecular formula is C31H30N4O4S. The van der Waals surface area contributed by atoms with Crippen LogP contribution >= 0.6 is 11.3 Å². The van der Waals surface area contributed by atoms with E-state index in [1.165, 1.54) is 0 Å². The van der Waals surface area contributed by atoms with E-state index in [9.17, 15) is 9.59 Å². The fourth-order valence-corrected chi connectivity index (χ4v) is 6.08. The zero-order valence-corrected chi connectivity index (χ0v) is 23.1. The van der Waals surface area contributed by atoms with Crippen molar-refractivity contribution in [3.63, 3.8) is 0 Å². The lowest BCUT2D eigenvalue weighted by Gasteiger charge is -2.20. The standard InChI is InChI=1S/C31H30N4O4S/c1-38-26-17-23-25(32-19-22-7-6-15-35(22)31(23)37)18-27(26)39-16-5-4-10-29(36)33-21-13-11-20(12-14-21)30-34-24-8-2-3-9-28(24)40-30/h2-3,8-9,11-14,17-19,22H,4-7,10,15-16H2,1H3,(H,33,36)/t22-/m0/s1. The fourth-order valence-electron chi connectivity index (χ4n) is 5.11. The number of anilines is 1. The molecule has 3 heterocycles. The molecule has 9 heteroatoms. The number of methoxy groups -OCH3 is 1. The van der Waals surface area contributed by atoms with Crippen molar-refractivity contribution in [3.05, 3.63) is 66.2 Å². The number of hydrogen-bond donors (Lipinski definition) is 1. The van der Waals surface area contributed by atoms with Gasteiger partial charge in [-0.15, -0.1) is 11.3 Å². The first kappa shape index (κ1) is 26.0. The average molecular weight is 555 g/mol. The number of para-hydroxylation sites is 1. The summed E-state index contributed by atoms with van der Waals surface area (Å²) in [7, 11) is 1.56. The Morgan fingerprint density at radius 1 is 1.10 bits per heavy atom. The highest BCUT2D eigenvalue weighted by atomic mass is 32.1. The minimum absolute atomic E-state index is 0.0164. The number of fused-ring (bicyclic) bond motifs is 3. The Morgan fingerprint density at radius 2 is 1.95 bits per heavy atom. The number of aliphatic imine (C=N–C) groups is 1. The van der Waals surface area contributed by atoms with E-state index in [2.05, 4.69) is 16.4 Å². The molecule has 0 radical (unpaired) electrons. The van der Waals surface area contributed by atoms with E-state index in [-0.39, 0.29) is 17.9 Å². The van der Waals surface area contributed by atoms with Crippen molar-refractivity contribution in [1.29, 1.82) is 0 Å². The van der Waals surface area contributed by atoms with Crippen LogP contribution < -0.4 is 14.8 Å². The van der Waals surface area contributed by atoms with E-state index >= 15 is 0 Å². The minimum Gasteiger partial charge on any atom is -0.493 e. The SMILES string of the molecule is COc1cc2c(cc1OCCCCC(=O)Nc1ccc(-c3nc4ccccc4s3)cc1)N=C[C@@H]1CCCN1C2=O. The van der Waals surface area contributed by atoms with Crippen molar-refractivity contribution < 1.29 is 19.1 Å². The van der Waals surface area contributed by atoms with Crippen molar-refractivity contribution in [2.24, 2.45) is 4.99 Å². The van der Waals surface area contributed by atoms with Gasteiger partial charge in [-0.05, 0) is 68.1 Å². The quantitative estimate of drug-likeness (QED) is 0.239. The van der Waals surface area contributed by atoms with Crippen LogP contribution in [0.1, 0.15) is 42.5 Å². The molecule has 2 amide bonds. The zero-order chi connectivity index (χ0) is 27.5. The number of amides is 2. The molecule has 3 aromatic carbocycles. The van der Waals surface area contributed by atoms with Gasteiger partial charge in [-0.2, -0.15) is 0 Å². The van der Waals surface area contributed by atoms with Gasteiger partial charge in [0.25, 0.3) is 5.91 Å². The first-order chi connectivity index (χ1) is 19.6. The summed E-state index contributed by atoms with van der Waals surface area (Å²) in [4.78, 5) is 36.6. The number of carbonyl (C=O) groups excluding carboxylic acids is 2. The number of nitrogens with zero attached hydrogens (tertiary/aromatic N) is 3. The Balaban J connectivity index is 0.990. The molecule has 4 aromatic rings. The molecule has 0 unspecified atom stereocenters. The molecule has 40 heavy (non-hydrogen) atoms. The van der Waals surface area contributed by atoms with Gasteiger partial charge in [0.15, 0.2) is 11.5 Å². The molecule has 1 aromatic heterocycles. The Bertz CT molecular complexity index is 1550. The molecule has 1 atom stereocenters. The van der Waals surface area contributed by atoms with Crippen LogP contribution in [-0.2, 0) is 4.79 Å². The minimum atomic E-state index is -0.0382. The Kier molecular flexibility index (Phi) is 7.46. The molecule has 204 valence electrons. The molecule has 1 saturated heterocycles. The summed E-state index contributed by atoms with van der Waals surface area (Å²) in [6.07, 6.45) is 5.55. The Labute approximate surface area is 236 Å². The topological polar surface area (TPSA) is 93.1 Å². The van der Waals surface area contributed by atoms with Gasteiger partial charge < -0.3 is 19.7 Å². The van der Waals surface area contributed by atoms with Crippen LogP contribution in [0.2, 0.25) is 0 Å². The first-order valence-electron chi connectivity index (χ1n) is 13.5. The second-order valence-electron chi connectivity index (χ2n) is 9.92. The number of nitrogens with one attached hydrogen (secondary N) is 1. The smallest absolute Gasteiger partial charge is 0.256 e. The number of ether oxygens (including phenoxy) is 2. The maximum absolute atomic E-state index is 13.0. The summed E-state index contributed by atoms with van der Waals surface area (Å²) in [5.74, 6) is 0.999. The van der Waals surface area contributed by atoms with Gasteiger partial charge in [0.05, 0.1) is 41.2 Å². The number of hydrogen-bond acceptors (Lipinski definition) is 7. The lowest BCUT2D eigenvalue weighted by Crippen LogP contribution is -2.35. The van der Waals surface area contributed by atoms with Crippen molar-refractivity contribution in [2.45, 2.75) is 38.1 Å². The van der Waals surface area contributed by atoms with Crippen LogP contribution in [0, 0.1) is 0 Å². The first-order valence-corrected chi connectivity index (χ1v) is 14.4. The molecule has 1 N–H and O–H groups in total. The molecule has 6 rings (SSSR count). The van der Waals surface area contributed by atoms with Crippen LogP contribution in [0.25, 0.3) is 20.8 Å². The van der Waals surface area contributed by atoms with Gasteiger partial charge >= 0.3 is 0 Å². The van der Waals surface area contributed by atoms with Crippen LogP contribution in [0.4, 0.5) is 11.4 Å². The van der Waals surface area contributed by atoms with E-state index in [1.807, 2.05) is 53.6 Å². The Morgan fingerprint density at radius 3 is 2.77 bits per heavy atom. The Hall–Kier alpha value is -4.24. The highest BCUT2D eigenvalue weighted by Gasteiger charge is 2.32. The molecule has 2 aliphatic heterocycles. The largest absolute Gasteiger partial charge is 0.493 e. The summed E-state index contributed by atoms with van der Waals surface area (Å²) in [6, 6.07) is 19.4. The molecule has 0 saturated carbocycles. The lowest BCUT2D eigenvalue weighted by atomic mass is 10.1. The van der Waals surface area contributed by atoms with Crippen molar-refractivity contribution in [2.75, 3.05) is 25.6 Å². The van der Waals surface area contributed by atoms with Crippen LogP contribution in [-0.4, -0.2) is 54.2 Å². The highest BCUT2D eigenvalue weighted by molar-refractivity contribution is 7.21. The fraction of sp³-hybridized carbons (Fsp3) is 0.290. The third-order valence-corrected chi connectivity index (χ3v) is 8.31. The summed E-state index contributed by atoms with van der Waals surface area (Å²) < 4.78 is 12.6. The van der Waals surface area contributed by atoms with Gasteiger partial charge in [-0.25, -0.2) is 4.98 Å². The molecule has 0 bridgehead atoms. The second-order valence-corrected chi connectivity index (χ2v) is 11.0. The van der Waals surface area contributed by atoms with Gasteiger partial charge in [0.2, 0.25) is 5.91 Å². The number of aromatic nitrogens is 1. The normalized spacial score (nSPS) is 16.0. The summed E-state index contributed by atoms with van der Waals surface area (Å²) in [6.45, 7) is 1.17. The van der Waals surface area contributed by atoms with E-state index in [4.69, 9.17) is 14.5 Å². The molecule has 1 fully saturated rings. The van der Waals surface area contributed by atoms with Gasteiger partial charge in [0, 0.05) is 36.5 Å². The number of carbonyl (C=O) groups is 2. The number of benzene rings is 3. The molecular weight excluding hydrogens is 524 g/mol. The maximum Gasteiger partial charge on any atom is 0.256 e. The highest BCUT2D eigenvalue weighted by Crippen LogP contribution is 2.38. The van der Waals surface area contributed by atoms with Crippen molar-refractivity contribution >= 4 is 51.0 Å². The third kappa shape index (κ3) is 5.42. The maximum atomic E-state index is 13.0. The van der Waals surface area contributed by atoms with E-state index in [1.54, 1.807) is 30.6 Å². The number of thiazole rings is 1. The van der Waals surface area contributed by atoms with Gasteiger partial charge in [0.1, 0.15) is 5.01 Å². The number of unbranched alkanes of at least 4 members (excludes halogenated alkanes) is 1. The summed E-state index contributed by atoms with van der Waals surface area (Å²) >= 11 is 1.66. The molecule has 0 spiro atoms.